The van der Waals surface area contributed by atoms with E-state index in [0.717, 1.165) is 49.4 Å². The summed E-state index contributed by atoms with van der Waals surface area (Å²) in [5.74, 6) is 1.21. The lowest BCUT2D eigenvalue weighted by molar-refractivity contribution is -0.116. The summed E-state index contributed by atoms with van der Waals surface area (Å²) >= 11 is 0. The number of rotatable bonds is 10. The molecule has 0 saturated heterocycles. The highest BCUT2D eigenvalue weighted by Crippen LogP contribution is 2.32. The molecule has 0 aliphatic carbocycles. The standard InChI is InChI=1S/C22H25FN2O3/c23-19-8-4-17(5-9-19)7-11-22(26)25-14-2-13-24-12-1-3-18-6-10-20-21(15-18)28-16-27-20/h4-11,15,24H,1-3,12-14,16H2,(H,25,26)/b11-7+. The van der Waals surface area contributed by atoms with E-state index in [1.54, 1.807) is 18.2 Å². The summed E-state index contributed by atoms with van der Waals surface area (Å²) in [7, 11) is 0. The topological polar surface area (TPSA) is 59.6 Å². The second kappa shape index (κ2) is 10.5. The first kappa shape index (κ1) is 19.9. The van der Waals surface area contributed by atoms with Gasteiger partial charge >= 0.3 is 0 Å². The molecule has 6 heteroatoms. The van der Waals surface area contributed by atoms with Crippen LogP contribution < -0.4 is 20.1 Å². The number of carbonyl (C=O) groups is 1. The molecular weight excluding hydrogens is 359 g/mol. The van der Waals surface area contributed by atoms with Gasteiger partial charge in [0.15, 0.2) is 11.5 Å². The number of benzene rings is 2. The Labute approximate surface area is 164 Å². The summed E-state index contributed by atoms with van der Waals surface area (Å²) in [6, 6.07) is 12.1. The molecule has 2 N–H and O–H groups in total. The molecule has 1 amide bonds. The quantitative estimate of drug-likeness (QED) is 0.487. The maximum Gasteiger partial charge on any atom is 0.243 e. The van der Waals surface area contributed by atoms with E-state index in [2.05, 4.69) is 16.7 Å². The molecule has 2 aromatic rings. The Kier molecular flexibility index (Phi) is 7.44. The Morgan fingerprint density at radius 2 is 1.79 bits per heavy atom. The van der Waals surface area contributed by atoms with Crippen molar-refractivity contribution < 1.29 is 18.7 Å². The van der Waals surface area contributed by atoms with E-state index in [1.807, 2.05) is 12.1 Å². The van der Waals surface area contributed by atoms with Gasteiger partial charge in [0.25, 0.3) is 0 Å². The number of hydrogen-bond acceptors (Lipinski definition) is 4. The lowest BCUT2D eigenvalue weighted by Gasteiger charge is -2.06. The van der Waals surface area contributed by atoms with Crippen molar-refractivity contribution in [2.75, 3.05) is 26.4 Å². The zero-order valence-corrected chi connectivity index (χ0v) is 15.7. The molecule has 0 fully saturated rings. The Hall–Kier alpha value is -2.86. The largest absolute Gasteiger partial charge is 0.454 e. The van der Waals surface area contributed by atoms with Gasteiger partial charge in [-0.25, -0.2) is 4.39 Å². The van der Waals surface area contributed by atoms with E-state index in [0.29, 0.717) is 13.3 Å². The van der Waals surface area contributed by atoms with E-state index >= 15 is 0 Å². The van der Waals surface area contributed by atoms with Crippen LogP contribution in [0.3, 0.4) is 0 Å². The third kappa shape index (κ3) is 6.39. The Morgan fingerprint density at radius 3 is 2.64 bits per heavy atom. The molecule has 0 atom stereocenters. The van der Waals surface area contributed by atoms with Gasteiger partial charge in [-0.05, 0) is 73.8 Å². The zero-order valence-electron chi connectivity index (χ0n) is 15.7. The van der Waals surface area contributed by atoms with Crippen LogP contribution in [-0.4, -0.2) is 32.3 Å². The molecule has 148 valence electrons. The monoisotopic (exact) mass is 384 g/mol. The Morgan fingerprint density at radius 1 is 1.00 bits per heavy atom. The first-order valence-electron chi connectivity index (χ1n) is 9.51. The van der Waals surface area contributed by atoms with Crippen molar-refractivity contribution in [3.8, 4) is 11.5 Å². The van der Waals surface area contributed by atoms with Gasteiger partial charge < -0.3 is 20.1 Å². The van der Waals surface area contributed by atoms with Crippen molar-refractivity contribution in [2.24, 2.45) is 0 Å². The fourth-order valence-corrected chi connectivity index (χ4v) is 2.87. The second-order valence-corrected chi connectivity index (χ2v) is 6.57. The highest BCUT2D eigenvalue weighted by Gasteiger charge is 2.12. The molecule has 2 aromatic carbocycles. The summed E-state index contributed by atoms with van der Waals surface area (Å²) in [6.45, 7) is 2.69. The number of aryl methyl sites for hydroxylation is 1. The van der Waals surface area contributed by atoms with Crippen LogP contribution in [0.25, 0.3) is 6.08 Å². The number of carbonyl (C=O) groups excluding carboxylic acids is 1. The fraction of sp³-hybridized carbons (Fsp3) is 0.318. The normalized spacial score (nSPS) is 12.5. The van der Waals surface area contributed by atoms with Crippen LogP contribution in [-0.2, 0) is 11.2 Å². The van der Waals surface area contributed by atoms with Crippen molar-refractivity contribution in [3.05, 3.63) is 65.5 Å². The van der Waals surface area contributed by atoms with E-state index in [9.17, 15) is 9.18 Å². The minimum Gasteiger partial charge on any atom is -0.454 e. The van der Waals surface area contributed by atoms with Crippen molar-refractivity contribution in [1.29, 1.82) is 0 Å². The van der Waals surface area contributed by atoms with Gasteiger partial charge in [-0.2, -0.15) is 0 Å². The van der Waals surface area contributed by atoms with Crippen molar-refractivity contribution in [1.82, 2.24) is 10.6 Å². The van der Waals surface area contributed by atoms with Gasteiger partial charge in [0, 0.05) is 12.6 Å². The number of amides is 1. The van der Waals surface area contributed by atoms with Gasteiger partial charge in [-0.15, -0.1) is 0 Å². The van der Waals surface area contributed by atoms with Crippen LogP contribution in [0.15, 0.2) is 48.5 Å². The van der Waals surface area contributed by atoms with Crippen LogP contribution >= 0.6 is 0 Å². The number of halogens is 1. The average Bonchev–Trinajstić information content (AvgIpc) is 3.17. The molecule has 1 heterocycles. The second-order valence-electron chi connectivity index (χ2n) is 6.57. The molecule has 28 heavy (non-hydrogen) atoms. The summed E-state index contributed by atoms with van der Waals surface area (Å²) < 4.78 is 23.5. The van der Waals surface area contributed by atoms with E-state index in [1.165, 1.54) is 23.8 Å². The predicted molar refractivity (Wildman–Crippen MR) is 107 cm³/mol. The first-order chi connectivity index (χ1) is 13.7. The Bertz CT molecular complexity index is 806. The van der Waals surface area contributed by atoms with Crippen LogP contribution in [0.2, 0.25) is 0 Å². The van der Waals surface area contributed by atoms with Gasteiger partial charge in [0.05, 0.1) is 0 Å². The molecule has 0 saturated carbocycles. The van der Waals surface area contributed by atoms with Crippen LogP contribution in [0.5, 0.6) is 11.5 Å². The van der Waals surface area contributed by atoms with Crippen LogP contribution in [0, 0.1) is 5.82 Å². The van der Waals surface area contributed by atoms with Gasteiger partial charge in [0.1, 0.15) is 5.82 Å². The van der Waals surface area contributed by atoms with Gasteiger partial charge in [-0.3, -0.25) is 4.79 Å². The predicted octanol–water partition coefficient (Wildman–Crippen LogP) is 3.30. The molecule has 5 nitrogen and oxygen atoms in total. The van der Waals surface area contributed by atoms with Crippen molar-refractivity contribution >= 4 is 12.0 Å². The molecule has 1 aliphatic rings. The summed E-state index contributed by atoms with van der Waals surface area (Å²) in [6.07, 6.45) is 6.01. The number of fused-ring (bicyclic) bond motifs is 1. The van der Waals surface area contributed by atoms with E-state index in [-0.39, 0.29) is 11.7 Å². The Balaban J connectivity index is 1.21. The minimum atomic E-state index is -0.287. The molecule has 0 spiro atoms. The highest BCUT2D eigenvalue weighted by molar-refractivity contribution is 5.91. The molecule has 3 rings (SSSR count). The zero-order chi connectivity index (χ0) is 19.6. The van der Waals surface area contributed by atoms with E-state index < -0.39 is 0 Å². The van der Waals surface area contributed by atoms with E-state index in [4.69, 9.17) is 9.47 Å². The molecule has 1 aliphatic heterocycles. The number of ether oxygens (including phenoxy) is 2. The summed E-state index contributed by atoms with van der Waals surface area (Å²) in [5, 5.41) is 6.22. The molecule has 0 radical (unpaired) electrons. The summed E-state index contributed by atoms with van der Waals surface area (Å²) in [5.41, 5.74) is 2.03. The SMILES string of the molecule is O=C(/C=C/c1ccc(F)cc1)NCCCNCCCc1ccc2c(c1)OCO2. The van der Waals surface area contributed by atoms with Gasteiger partial charge in [-0.1, -0.05) is 18.2 Å². The minimum absolute atomic E-state index is 0.146. The first-order valence-corrected chi connectivity index (χ1v) is 9.51. The highest BCUT2D eigenvalue weighted by atomic mass is 19.1. The van der Waals surface area contributed by atoms with Crippen LogP contribution in [0.4, 0.5) is 4.39 Å². The molecule has 0 bridgehead atoms. The lowest BCUT2D eigenvalue weighted by Crippen LogP contribution is -2.26. The van der Waals surface area contributed by atoms with Crippen LogP contribution in [0.1, 0.15) is 24.0 Å². The third-order valence-corrected chi connectivity index (χ3v) is 4.38. The van der Waals surface area contributed by atoms with Crippen molar-refractivity contribution in [3.63, 3.8) is 0 Å². The summed E-state index contributed by atoms with van der Waals surface area (Å²) in [4.78, 5) is 11.7. The maximum absolute atomic E-state index is 12.8. The maximum atomic E-state index is 12.8. The number of hydrogen-bond donors (Lipinski definition) is 2. The molecule has 0 unspecified atom stereocenters. The average molecular weight is 384 g/mol. The van der Waals surface area contributed by atoms with Crippen molar-refractivity contribution in [2.45, 2.75) is 19.3 Å². The number of nitrogens with one attached hydrogen (secondary N) is 2. The van der Waals surface area contributed by atoms with Gasteiger partial charge in [0.2, 0.25) is 12.7 Å². The molecular formula is C22H25FN2O3. The molecule has 0 aromatic heterocycles. The smallest absolute Gasteiger partial charge is 0.243 e. The lowest BCUT2D eigenvalue weighted by atomic mass is 10.1. The third-order valence-electron chi connectivity index (χ3n) is 4.38. The fourth-order valence-electron chi connectivity index (χ4n) is 2.87.